The molecule has 54 heavy (non-hydrogen) atoms. The molecule has 0 unspecified atom stereocenters. The first-order chi connectivity index (χ1) is 26.2. The summed E-state index contributed by atoms with van der Waals surface area (Å²) in [7, 11) is -3.87. The molecule has 0 saturated heterocycles. The van der Waals surface area contributed by atoms with Crippen molar-refractivity contribution in [2.24, 2.45) is 0 Å². The maximum Gasteiger partial charge on any atom is 0.335 e. The molecule has 0 aliphatic rings. The van der Waals surface area contributed by atoms with Crippen LogP contribution in [0.1, 0.15) is 50.8 Å². The number of nitrogens with zero attached hydrogens (tertiary/aromatic N) is 1. The van der Waals surface area contributed by atoms with E-state index in [2.05, 4.69) is 33.6 Å². The van der Waals surface area contributed by atoms with E-state index in [0.717, 1.165) is 62.8 Å². The smallest absolute Gasteiger partial charge is 0.335 e. The molecule has 1 heterocycles. The van der Waals surface area contributed by atoms with Crippen LogP contribution >= 0.6 is 11.6 Å². The summed E-state index contributed by atoms with van der Waals surface area (Å²) in [6.07, 6.45) is 2.60. The highest BCUT2D eigenvalue weighted by molar-refractivity contribution is 7.89. The van der Waals surface area contributed by atoms with Crippen molar-refractivity contribution in [2.45, 2.75) is 36.6 Å². The topological polar surface area (TPSA) is 88.4 Å². The van der Waals surface area contributed by atoms with Gasteiger partial charge >= 0.3 is 5.97 Å². The van der Waals surface area contributed by atoms with Crippen LogP contribution in [0.5, 0.6) is 0 Å². The van der Waals surface area contributed by atoms with Gasteiger partial charge in [-0.1, -0.05) is 109 Å². The Bertz CT molecular complexity index is 2450. The second kappa shape index (κ2) is 16.2. The summed E-state index contributed by atoms with van der Waals surface area (Å²) in [5, 5.41) is 11.0. The highest BCUT2D eigenvalue weighted by atomic mass is 35.5. The van der Waals surface area contributed by atoms with E-state index in [4.69, 9.17) is 11.6 Å². The van der Waals surface area contributed by atoms with Gasteiger partial charge < -0.3 is 9.67 Å². The minimum atomic E-state index is -3.87. The summed E-state index contributed by atoms with van der Waals surface area (Å²) >= 11 is 6.66. The lowest BCUT2D eigenvalue weighted by Gasteiger charge is -2.25. The van der Waals surface area contributed by atoms with Gasteiger partial charge in [0.05, 0.1) is 16.5 Å². The van der Waals surface area contributed by atoms with Gasteiger partial charge in [0, 0.05) is 34.6 Å². The molecule has 6 nitrogen and oxygen atoms in total. The summed E-state index contributed by atoms with van der Waals surface area (Å²) in [5.41, 5.74) is 8.12. The monoisotopic (exact) mass is 756 g/mol. The van der Waals surface area contributed by atoms with E-state index in [1.807, 2.05) is 66.7 Å². The normalized spacial score (nSPS) is 11.7. The summed E-state index contributed by atoms with van der Waals surface area (Å²) in [6.45, 7) is 0.145. The Labute approximate surface area is 319 Å². The number of carboxylic acids is 1. The molecule has 7 rings (SSSR count). The molecule has 272 valence electrons. The molecule has 0 aliphatic heterocycles. The lowest BCUT2D eigenvalue weighted by Crippen LogP contribution is -2.27. The largest absolute Gasteiger partial charge is 0.478 e. The SMILES string of the molecule is O=C(O)c1ccc(CCCc2c(CCNS(=O)(=O)c3ccc(-c4ccc(F)cc4)cc3)n(C(c3ccccc3)c3ccccc3)c3ccc(Cl)cc23)cc1. The van der Waals surface area contributed by atoms with E-state index in [1.165, 1.54) is 12.1 Å². The number of carboxylic acid groups (broad SMARTS) is 1. The highest BCUT2D eigenvalue weighted by Crippen LogP contribution is 2.38. The van der Waals surface area contributed by atoms with E-state index in [-0.39, 0.29) is 28.9 Å². The number of halogens is 2. The van der Waals surface area contributed by atoms with Crippen molar-refractivity contribution in [1.29, 1.82) is 0 Å². The minimum Gasteiger partial charge on any atom is -0.478 e. The van der Waals surface area contributed by atoms with Crippen LogP contribution in [0.25, 0.3) is 22.0 Å². The van der Waals surface area contributed by atoms with Crippen molar-refractivity contribution >= 4 is 38.5 Å². The Balaban J connectivity index is 1.25. The molecule has 7 aromatic rings. The van der Waals surface area contributed by atoms with Gasteiger partial charge in [0.2, 0.25) is 10.0 Å². The summed E-state index contributed by atoms with van der Waals surface area (Å²) in [4.78, 5) is 11.5. The van der Waals surface area contributed by atoms with Crippen molar-refractivity contribution < 1.29 is 22.7 Å². The fourth-order valence-corrected chi connectivity index (χ4v) is 8.36. The molecule has 0 bridgehead atoms. The molecule has 0 spiro atoms. The summed E-state index contributed by atoms with van der Waals surface area (Å²) in [5.74, 6) is -1.29. The van der Waals surface area contributed by atoms with E-state index >= 15 is 0 Å². The number of benzene rings is 6. The van der Waals surface area contributed by atoms with Gasteiger partial charge in [0.25, 0.3) is 0 Å². The lowest BCUT2D eigenvalue weighted by atomic mass is 9.97. The number of aromatic carboxylic acids is 1. The maximum atomic E-state index is 13.7. The third-order valence-electron chi connectivity index (χ3n) is 9.76. The number of fused-ring (bicyclic) bond motifs is 1. The third kappa shape index (κ3) is 8.16. The average Bonchev–Trinajstić information content (AvgIpc) is 3.47. The number of rotatable bonds is 14. The molecular formula is C45H38ClFN2O4S. The first kappa shape index (κ1) is 36.8. The fraction of sp³-hybridized carbons (Fsp3) is 0.133. The zero-order valence-corrected chi connectivity index (χ0v) is 30.9. The fourth-order valence-electron chi connectivity index (χ4n) is 7.15. The molecular weight excluding hydrogens is 719 g/mol. The van der Waals surface area contributed by atoms with Gasteiger partial charge in [-0.3, -0.25) is 0 Å². The number of sulfonamides is 1. The quantitative estimate of drug-likeness (QED) is 0.116. The zero-order valence-electron chi connectivity index (χ0n) is 29.3. The molecule has 1 aromatic heterocycles. The standard InChI is InChI=1S/C45H38ClFN2O4S/c46-37-22-27-42-41(30-37)40(13-7-8-31-14-16-36(17-15-31)45(50)51)43(49(42)44(34-9-3-1-4-10-34)35-11-5-2-6-12-35)28-29-48-54(52,53)39-25-20-33(21-26-39)32-18-23-38(47)24-19-32/h1-6,9-12,14-27,30,44,48H,7-8,13,28-29H2,(H,50,51). The van der Waals surface area contributed by atoms with Crippen LogP contribution < -0.4 is 4.72 Å². The predicted octanol–water partition coefficient (Wildman–Crippen LogP) is 10.1. The van der Waals surface area contributed by atoms with Crippen molar-refractivity contribution in [2.75, 3.05) is 6.54 Å². The van der Waals surface area contributed by atoms with Crippen LogP contribution in [-0.2, 0) is 29.3 Å². The summed E-state index contributed by atoms with van der Waals surface area (Å²) < 4.78 is 45.9. The van der Waals surface area contributed by atoms with Crippen molar-refractivity contribution in [3.05, 3.63) is 196 Å². The van der Waals surface area contributed by atoms with Gasteiger partial charge in [-0.05, 0) is 107 Å². The van der Waals surface area contributed by atoms with Crippen LogP contribution in [0.2, 0.25) is 5.02 Å². The molecule has 0 amide bonds. The third-order valence-corrected chi connectivity index (χ3v) is 11.5. The Morgan fingerprint density at radius 1 is 0.722 bits per heavy atom. The zero-order chi connectivity index (χ0) is 37.7. The maximum absolute atomic E-state index is 13.7. The lowest BCUT2D eigenvalue weighted by molar-refractivity contribution is 0.0697. The first-order valence-electron chi connectivity index (χ1n) is 17.8. The molecule has 9 heteroatoms. The molecule has 0 fully saturated rings. The number of hydrogen-bond donors (Lipinski definition) is 2. The predicted molar refractivity (Wildman–Crippen MR) is 213 cm³/mol. The molecule has 2 N–H and O–H groups in total. The number of hydrogen-bond acceptors (Lipinski definition) is 3. The van der Waals surface area contributed by atoms with E-state index in [9.17, 15) is 22.7 Å². The van der Waals surface area contributed by atoms with Crippen molar-refractivity contribution in [3.63, 3.8) is 0 Å². The van der Waals surface area contributed by atoms with E-state index in [1.54, 1.807) is 48.5 Å². The Hall–Kier alpha value is -5.54. The molecule has 0 atom stereocenters. The van der Waals surface area contributed by atoms with Gasteiger partial charge in [-0.15, -0.1) is 0 Å². The number of nitrogens with one attached hydrogen (secondary N) is 1. The Kier molecular flexibility index (Phi) is 11.1. The van der Waals surface area contributed by atoms with Crippen LogP contribution in [0.15, 0.2) is 157 Å². The molecule has 0 aliphatic carbocycles. The van der Waals surface area contributed by atoms with E-state index < -0.39 is 16.0 Å². The first-order valence-corrected chi connectivity index (χ1v) is 19.6. The van der Waals surface area contributed by atoms with Crippen LogP contribution in [0, 0.1) is 5.82 Å². The van der Waals surface area contributed by atoms with Crippen molar-refractivity contribution in [3.8, 4) is 11.1 Å². The van der Waals surface area contributed by atoms with E-state index in [0.29, 0.717) is 17.9 Å². The number of aromatic nitrogens is 1. The van der Waals surface area contributed by atoms with Crippen LogP contribution in [0.4, 0.5) is 4.39 Å². The second-order valence-corrected chi connectivity index (χ2v) is 15.4. The average molecular weight is 757 g/mol. The van der Waals surface area contributed by atoms with Crippen LogP contribution in [-0.4, -0.2) is 30.6 Å². The van der Waals surface area contributed by atoms with Gasteiger partial charge in [0.1, 0.15) is 5.82 Å². The minimum absolute atomic E-state index is 0.140. The second-order valence-electron chi connectivity index (χ2n) is 13.2. The van der Waals surface area contributed by atoms with Crippen molar-refractivity contribution in [1.82, 2.24) is 9.29 Å². The van der Waals surface area contributed by atoms with Gasteiger partial charge in [-0.2, -0.15) is 0 Å². The number of aryl methyl sites for hydroxylation is 2. The summed E-state index contributed by atoms with van der Waals surface area (Å²) in [6, 6.07) is 45.9. The highest BCUT2D eigenvalue weighted by Gasteiger charge is 2.26. The Morgan fingerprint density at radius 3 is 1.91 bits per heavy atom. The van der Waals surface area contributed by atoms with Crippen LogP contribution in [0.3, 0.4) is 0 Å². The molecule has 0 saturated carbocycles. The molecule has 6 aromatic carbocycles. The number of carbonyl (C=O) groups is 1. The molecule has 0 radical (unpaired) electrons. The van der Waals surface area contributed by atoms with Gasteiger partial charge in [-0.25, -0.2) is 22.3 Å². The van der Waals surface area contributed by atoms with Gasteiger partial charge in [0.15, 0.2) is 0 Å². The Morgan fingerprint density at radius 2 is 1.31 bits per heavy atom.